The van der Waals surface area contributed by atoms with Crippen LogP contribution in [0.4, 0.5) is 0 Å². The summed E-state index contributed by atoms with van der Waals surface area (Å²) in [4.78, 5) is 12.1. The number of aryl methyl sites for hydroxylation is 2. The van der Waals surface area contributed by atoms with E-state index in [-0.39, 0.29) is 18.6 Å². The number of nitrogens with one attached hydrogen (secondary N) is 1. The molecule has 1 amide bonds. The second-order valence-corrected chi connectivity index (χ2v) is 6.84. The standard InChI is InChI=1S/C18H19BrClNO2/c1-11-4-5-12(2)15(8-11)13(3)21-18(22)10-23-17-7-6-14(19)9-16(17)20/h4-9,13H,10H2,1-3H3,(H,21,22). The van der Waals surface area contributed by atoms with E-state index in [1.165, 1.54) is 5.56 Å². The molecule has 1 atom stereocenters. The number of carbonyl (C=O) groups excluding carboxylic acids is 1. The molecule has 122 valence electrons. The number of rotatable bonds is 5. The lowest BCUT2D eigenvalue weighted by atomic mass is 10.00. The SMILES string of the molecule is Cc1ccc(C)c(C(C)NC(=O)COc2ccc(Br)cc2Cl)c1. The maximum atomic E-state index is 12.1. The molecule has 0 aromatic heterocycles. The van der Waals surface area contributed by atoms with Gasteiger partial charge in [-0.3, -0.25) is 4.79 Å². The molecule has 2 rings (SSSR count). The van der Waals surface area contributed by atoms with E-state index in [9.17, 15) is 4.79 Å². The summed E-state index contributed by atoms with van der Waals surface area (Å²) in [5.74, 6) is 0.307. The van der Waals surface area contributed by atoms with Gasteiger partial charge < -0.3 is 10.1 Å². The van der Waals surface area contributed by atoms with Crippen LogP contribution in [0.1, 0.15) is 29.7 Å². The second kappa shape index (κ2) is 7.84. The molecule has 3 nitrogen and oxygen atoms in total. The largest absolute Gasteiger partial charge is 0.482 e. The van der Waals surface area contributed by atoms with Crippen LogP contribution < -0.4 is 10.1 Å². The average molecular weight is 397 g/mol. The molecule has 0 fully saturated rings. The van der Waals surface area contributed by atoms with Gasteiger partial charge in [-0.25, -0.2) is 0 Å². The van der Waals surface area contributed by atoms with Crippen molar-refractivity contribution in [2.24, 2.45) is 0 Å². The first-order chi connectivity index (χ1) is 10.9. The number of carbonyl (C=O) groups is 1. The van der Waals surface area contributed by atoms with Crippen LogP contribution in [0.3, 0.4) is 0 Å². The van der Waals surface area contributed by atoms with E-state index >= 15 is 0 Å². The Morgan fingerprint density at radius 3 is 2.70 bits per heavy atom. The number of ether oxygens (including phenoxy) is 1. The highest BCUT2D eigenvalue weighted by atomic mass is 79.9. The minimum absolute atomic E-state index is 0.0729. The molecule has 0 saturated heterocycles. The predicted octanol–water partition coefficient (Wildman–Crippen LogP) is 4.98. The molecule has 0 bridgehead atoms. The van der Waals surface area contributed by atoms with Gasteiger partial charge in [0.1, 0.15) is 5.75 Å². The summed E-state index contributed by atoms with van der Waals surface area (Å²) < 4.78 is 6.34. The lowest BCUT2D eigenvalue weighted by Gasteiger charge is -2.17. The van der Waals surface area contributed by atoms with E-state index < -0.39 is 0 Å². The van der Waals surface area contributed by atoms with Gasteiger partial charge in [-0.1, -0.05) is 51.3 Å². The van der Waals surface area contributed by atoms with Crippen LogP contribution in [0.25, 0.3) is 0 Å². The van der Waals surface area contributed by atoms with E-state index in [0.717, 1.165) is 15.6 Å². The monoisotopic (exact) mass is 395 g/mol. The first kappa shape index (κ1) is 17.8. The molecular formula is C18H19BrClNO2. The molecule has 0 spiro atoms. The lowest BCUT2D eigenvalue weighted by Crippen LogP contribution is -2.31. The number of halogens is 2. The summed E-state index contributed by atoms with van der Waals surface area (Å²) in [5.41, 5.74) is 3.44. The van der Waals surface area contributed by atoms with Crippen molar-refractivity contribution in [1.29, 1.82) is 0 Å². The molecule has 5 heteroatoms. The highest BCUT2D eigenvalue weighted by molar-refractivity contribution is 9.10. The first-order valence-electron chi connectivity index (χ1n) is 7.31. The van der Waals surface area contributed by atoms with Gasteiger partial charge >= 0.3 is 0 Å². The third kappa shape index (κ3) is 4.98. The fraction of sp³-hybridized carbons (Fsp3) is 0.278. The normalized spacial score (nSPS) is 11.9. The number of amides is 1. The van der Waals surface area contributed by atoms with E-state index in [0.29, 0.717) is 10.8 Å². The number of benzene rings is 2. The number of hydrogen-bond acceptors (Lipinski definition) is 2. The molecule has 0 aliphatic heterocycles. The van der Waals surface area contributed by atoms with Gasteiger partial charge in [0.15, 0.2) is 6.61 Å². The summed E-state index contributed by atoms with van der Waals surface area (Å²) in [6, 6.07) is 11.4. The summed E-state index contributed by atoms with van der Waals surface area (Å²) in [6.07, 6.45) is 0. The van der Waals surface area contributed by atoms with Crippen molar-refractivity contribution in [2.45, 2.75) is 26.8 Å². The maximum absolute atomic E-state index is 12.1. The highest BCUT2D eigenvalue weighted by Crippen LogP contribution is 2.27. The Morgan fingerprint density at radius 2 is 2.00 bits per heavy atom. The summed E-state index contributed by atoms with van der Waals surface area (Å²) in [5, 5.41) is 3.42. The van der Waals surface area contributed by atoms with Crippen LogP contribution in [0.5, 0.6) is 5.75 Å². The van der Waals surface area contributed by atoms with Gasteiger partial charge in [-0.2, -0.15) is 0 Å². The molecule has 0 saturated carbocycles. The third-order valence-electron chi connectivity index (χ3n) is 3.53. The smallest absolute Gasteiger partial charge is 0.258 e. The van der Waals surface area contributed by atoms with Crippen molar-refractivity contribution in [1.82, 2.24) is 5.32 Å². The molecule has 2 aromatic carbocycles. The zero-order valence-corrected chi connectivity index (χ0v) is 15.7. The van der Waals surface area contributed by atoms with Crippen LogP contribution in [0.2, 0.25) is 5.02 Å². The van der Waals surface area contributed by atoms with Crippen molar-refractivity contribution < 1.29 is 9.53 Å². The van der Waals surface area contributed by atoms with E-state index in [1.54, 1.807) is 12.1 Å². The van der Waals surface area contributed by atoms with Crippen molar-refractivity contribution in [3.8, 4) is 5.75 Å². The molecule has 1 N–H and O–H groups in total. The molecule has 2 aromatic rings. The van der Waals surface area contributed by atoms with Crippen LogP contribution in [0.15, 0.2) is 40.9 Å². The maximum Gasteiger partial charge on any atom is 0.258 e. The molecule has 0 radical (unpaired) electrons. The minimum atomic E-state index is -0.183. The van der Waals surface area contributed by atoms with E-state index in [2.05, 4.69) is 39.4 Å². The van der Waals surface area contributed by atoms with Gasteiger partial charge in [0.2, 0.25) is 0 Å². The fourth-order valence-corrected chi connectivity index (χ4v) is 3.05. The Morgan fingerprint density at radius 1 is 1.26 bits per heavy atom. The second-order valence-electron chi connectivity index (χ2n) is 5.51. The first-order valence-corrected chi connectivity index (χ1v) is 8.48. The van der Waals surface area contributed by atoms with Crippen molar-refractivity contribution in [3.63, 3.8) is 0 Å². The molecule has 0 aliphatic rings. The van der Waals surface area contributed by atoms with Crippen molar-refractivity contribution >= 4 is 33.4 Å². The van der Waals surface area contributed by atoms with Gasteiger partial charge in [0.05, 0.1) is 11.1 Å². The Kier molecular flexibility index (Phi) is 6.08. The lowest BCUT2D eigenvalue weighted by molar-refractivity contribution is -0.123. The van der Waals surface area contributed by atoms with Gasteiger partial charge in [0.25, 0.3) is 5.91 Å². The number of hydrogen-bond donors (Lipinski definition) is 1. The van der Waals surface area contributed by atoms with Crippen LogP contribution in [-0.4, -0.2) is 12.5 Å². The molecule has 0 heterocycles. The zero-order chi connectivity index (χ0) is 17.0. The van der Waals surface area contributed by atoms with Crippen LogP contribution in [0, 0.1) is 13.8 Å². The molecule has 1 unspecified atom stereocenters. The van der Waals surface area contributed by atoms with Gasteiger partial charge in [-0.15, -0.1) is 0 Å². The third-order valence-corrected chi connectivity index (χ3v) is 4.32. The molecule has 23 heavy (non-hydrogen) atoms. The zero-order valence-electron chi connectivity index (χ0n) is 13.3. The Hall–Kier alpha value is -1.52. The van der Waals surface area contributed by atoms with Gasteiger partial charge in [0, 0.05) is 4.47 Å². The van der Waals surface area contributed by atoms with Crippen LogP contribution >= 0.6 is 27.5 Å². The average Bonchev–Trinajstić information content (AvgIpc) is 2.48. The summed E-state index contributed by atoms with van der Waals surface area (Å²) in [6.45, 7) is 5.97. The minimum Gasteiger partial charge on any atom is -0.482 e. The van der Waals surface area contributed by atoms with E-state index in [1.807, 2.05) is 26.8 Å². The Labute approximate surface area is 150 Å². The summed E-state index contributed by atoms with van der Waals surface area (Å²) in [7, 11) is 0. The molecular weight excluding hydrogens is 378 g/mol. The Balaban J connectivity index is 1.95. The van der Waals surface area contributed by atoms with Crippen LogP contribution in [-0.2, 0) is 4.79 Å². The van der Waals surface area contributed by atoms with Gasteiger partial charge in [-0.05, 0) is 50.1 Å². The Bertz CT molecular complexity index is 718. The topological polar surface area (TPSA) is 38.3 Å². The quantitative estimate of drug-likeness (QED) is 0.774. The fourth-order valence-electron chi connectivity index (χ4n) is 2.32. The molecule has 0 aliphatic carbocycles. The predicted molar refractivity (Wildman–Crippen MR) is 97.1 cm³/mol. The van der Waals surface area contributed by atoms with E-state index in [4.69, 9.17) is 16.3 Å². The van der Waals surface area contributed by atoms with Crippen molar-refractivity contribution in [3.05, 3.63) is 62.6 Å². The highest BCUT2D eigenvalue weighted by Gasteiger charge is 2.13. The van der Waals surface area contributed by atoms with Crippen molar-refractivity contribution in [2.75, 3.05) is 6.61 Å². The summed E-state index contributed by atoms with van der Waals surface area (Å²) >= 11 is 9.39.